The minimum absolute atomic E-state index is 0.0202. The summed E-state index contributed by atoms with van der Waals surface area (Å²) in [5.41, 5.74) is 3.10. The maximum Gasteiger partial charge on any atom is 0.281 e. The molecule has 1 amide bonds. The number of nitro groups is 1. The van der Waals surface area contributed by atoms with Crippen molar-refractivity contribution < 1.29 is 9.72 Å². The van der Waals surface area contributed by atoms with Gasteiger partial charge in [0.2, 0.25) is 0 Å². The molecule has 6 nitrogen and oxygen atoms in total. The molecule has 0 aliphatic rings. The maximum atomic E-state index is 12.8. The van der Waals surface area contributed by atoms with E-state index >= 15 is 0 Å². The molecule has 0 atom stereocenters. The molecular weight excluding hydrogens is 410 g/mol. The van der Waals surface area contributed by atoms with Gasteiger partial charge in [0.25, 0.3) is 11.6 Å². The molecule has 0 bridgehead atoms. The Hall–Kier alpha value is -2.77. The van der Waals surface area contributed by atoms with Gasteiger partial charge < -0.3 is 4.57 Å². The topological polar surface area (TPSA) is 77.5 Å². The summed E-state index contributed by atoms with van der Waals surface area (Å²) in [5, 5.41) is 11.2. The van der Waals surface area contributed by atoms with E-state index in [1.54, 1.807) is 0 Å². The first-order valence-corrected chi connectivity index (χ1v) is 10.4. The largest absolute Gasteiger partial charge is 0.316 e. The highest BCUT2D eigenvalue weighted by Crippen LogP contribution is 2.27. The number of non-ortho nitro benzene ring substituents is 1. The average Bonchev–Trinajstić information content (AvgIpc) is 3.05. The summed E-state index contributed by atoms with van der Waals surface area (Å²) < 4.78 is 2.00. The number of carbonyl (C=O) groups is 1. The zero-order chi connectivity index (χ0) is 21.1. The predicted octanol–water partition coefficient (Wildman–Crippen LogP) is 5.41. The van der Waals surface area contributed by atoms with Crippen molar-refractivity contribution in [2.24, 2.45) is 4.99 Å². The molecule has 0 spiro atoms. The molecule has 1 aromatic heterocycles. The Morgan fingerprint density at radius 3 is 2.48 bits per heavy atom. The fraction of sp³-hybridized carbons (Fsp3) is 0.238. The van der Waals surface area contributed by atoms with Gasteiger partial charge in [-0.25, -0.2) is 0 Å². The summed E-state index contributed by atoms with van der Waals surface area (Å²) in [4.78, 5) is 29.2. The number of nitro benzene ring substituents is 1. The molecule has 3 rings (SSSR count). The van der Waals surface area contributed by atoms with Gasteiger partial charge in [-0.3, -0.25) is 14.9 Å². The SMILES string of the molecule is CCc1sc(=NC(=O)c2cc([N+](=O)[O-])ccc2Cl)n(CC)c1-c1ccc(C)cc1. The van der Waals surface area contributed by atoms with Gasteiger partial charge in [0.1, 0.15) is 0 Å². The number of hydrogen-bond donors (Lipinski definition) is 0. The lowest BCUT2D eigenvalue weighted by atomic mass is 10.1. The van der Waals surface area contributed by atoms with E-state index in [0.29, 0.717) is 11.3 Å². The molecule has 0 fully saturated rings. The third-order valence-electron chi connectivity index (χ3n) is 4.53. The van der Waals surface area contributed by atoms with Crippen molar-refractivity contribution in [1.29, 1.82) is 0 Å². The van der Waals surface area contributed by atoms with Crippen LogP contribution in [-0.4, -0.2) is 15.4 Å². The van der Waals surface area contributed by atoms with Crippen LogP contribution in [0.4, 0.5) is 5.69 Å². The van der Waals surface area contributed by atoms with E-state index in [1.807, 2.05) is 18.4 Å². The summed E-state index contributed by atoms with van der Waals surface area (Å²) in [6, 6.07) is 12.0. The fourth-order valence-corrected chi connectivity index (χ4v) is 4.39. The third kappa shape index (κ3) is 4.31. The molecule has 0 unspecified atom stereocenters. The van der Waals surface area contributed by atoms with Crippen LogP contribution in [0.1, 0.15) is 34.6 Å². The number of rotatable bonds is 5. The summed E-state index contributed by atoms with van der Waals surface area (Å²) in [7, 11) is 0. The van der Waals surface area contributed by atoms with Crippen LogP contribution in [-0.2, 0) is 13.0 Å². The Balaban J connectivity index is 2.15. The predicted molar refractivity (Wildman–Crippen MR) is 116 cm³/mol. The van der Waals surface area contributed by atoms with Crippen molar-refractivity contribution in [2.75, 3.05) is 0 Å². The lowest BCUT2D eigenvalue weighted by Crippen LogP contribution is -2.17. The molecule has 0 radical (unpaired) electrons. The summed E-state index contributed by atoms with van der Waals surface area (Å²) in [5.74, 6) is -0.597. The Labute approximate surface area is 177 Å². The molecular formula is C21H20ClN3O3S. The number of thiazole rings is 1. The average molecular weight is 430 g/mol. The van der Waals surface area contributed by atoms with Gasteiger partial charge in [-0.2, -0.15) is 4.99 Å². The smallest absolute Gasteiger partial charge is 0.281 e. The molecule has 0 aliphatic carbocycles. The van der Waals surface area contributed by atoms with E-state index in [9.17, 15) is 14.9 Å². The zero-order valence-corrected chi connectivity index (χ0v) is 17.9. The second kappa shape index (κ2) is 8.71. The number of aryl methyl sites for hydroxylation is 2. The first-order chi connectivity index (χ1) is 13.8. The molecule has 0 aliphatic heterocycles. The van der Waals surface area contributed by atoms with E-state index in [0.717, 1.165) is 22.6 Å². The summed E-state index contributed by atoms with van der Waals surface area (Å²) in [6.07, 6.45) is 0.801. The molecule has 3 aromatic rings. The second-order valence-electron chi connectivity index (χ2n) is 6.46. The van der Waals surface area contributed by atoms with E-state index < -0.39 is 10.8 Å². The van der Waals surface area contributed by atoms with Crippen molar-refractivity contribution in [2.45, 2.75) is 33.7 Å². The second-order valence-corrected chi connectivity index (χ2v) is 7.93. The van der Waals surface area contributed by atoms with Gasteiger partial charge in [-0.15, -0.1) is 11.3 Å². The van der Waals surface area contributed by atoms with E-state index in [2.05, 4.69) is 36.2 Å². The van der Waals surface area contributed by atoms with Crippen LogP contribution in [0.3, 0.4) is 0 Å². The Bertz CT molecular complexity index is 1150. The maximum absolute atomic E-state index is 12.8. The standard InChI is InChI=1S/C21H20ClN3O3S/c1-4-18-19(14-8-6-13(3)7-9-14)24(5-2)21(29-18)23-20(26)16-12-15(25(27)28)10-11-17(16)22/h6-12H,4-5H2,1-3H3. The first kappa shape index (κ1) is 21.0. The van der Waals surface area contributed by atoms with Crippen molar-refractivity contribution >= 4 is 34.5 Å². The van der Waals surface area contributed by atoms with Gasteiger partial charge in [-0.1, -0.05) is 48.4 Å². The van der Waals surface area contributed by atoms with Crippen LogP contribution in [0.5, 0.6) is 0 Å². The molecule has 150 valence electrons. The lowest BCUT2D eigenvalue weighted by Gasteiger charge is -2.09. The number of carbonyl (C=O) groups excluding carboxylic acids is 1. The highest BCUT2D eigenvalue weighted by molar-refractivity contribution is 7.09. The third-order valence-corrected chi connectivity index (χ3v) is 6.08. The van der Waals surface area contributed by atoms with Crippen molar-refractivity contribution in [1.82, 2.24) is 4.57 Å². The van der Waals surface area contributed by atoms with Gasteiger partial charge in [0, 0.05) is 23.6 Å². The molecule has 0 N–H and O–H groups in total. The van der Waals surface area contributed by atoms with E-state index in [4.69, 9.17) is 11.6 Å². The van der Waals surface area contributed by atoms with Crippen LogP contribution in [0.2, 0.25) is 5.02 Å². The van der Waals surface area contributed by atoms with Gasteiger partial charge in [-0.05, 0) is 31.9 Å². The highest BCUT2D eigenvalue weighted by atomic mass is 35.5. The Morgan fingerprint density at radius 1 is 1.21 bits per heavy atom. The van der Waals surface area contributed by atoms with Gasteiger partial charge in [0.05, 0.1) is 21.2 Å². The van der Waals surface area contributed by atoms with Crippen molar-refractivity contribution in [3.05, 3.63) is 78.4 Å². The number of benzene rings is 2. The minimum atomic E-state index is -0.597. The molecule has 1 heterocycles. The zero-order valence-electron chi connectivity index (χ0n) is 16.3. The number of hydrogen-bond acceptors (Lipinski definition) is 4. The van der Waals surface area contributed by atoms with Crippen LogP contribution in [0.15, 0.2) is 47.5 Å². The normalized spacial score (nSPS) is 11.7. The molecule has 0 saturated carbocycles. The number of amides is 1. The van der Waals surface area contributed by atoms with E-state index in [1.165, 1.54) is 35.1 Å². The van der Waals surface area contributed by atoms with Crippen LogP contribution in [0.25, 0.3) is 11.3 Å². The quantitative estimate of drug-likeness (QED) is 0.401. The van der Waals surface area contributed by atoms with E-state index in [-0.39, 0.29) is 16.3 Å². The fourth-order valence-electron chi connectivity index (χ4n) is 3.04. The summed E-state index contributed by atoms with van der Waals surface area (Å²) >= 11 is 7.55. The number of halogens is 1. The lowest BCUT2D eigenvalue weighted by molar-refractivity contribution is -0.384. The molecule has 8 heteroatoms. The summed E-state index contributed by atoms with van der Waals surface area (Å²) in [6.45, 7) is 6.73. The highest BCUT2D eigenvalue weighted by Gasteiger charge is 2.18. The van der Waals surface area contributed by atoms with Gasteiger partial charge in [0.15, 0.2) is 4.80 Å². The van der Waals surface area contributed by atoms with Crippen LogP contribution >= 0.6 is 22.9 Å². The molecule has 2 aromatic carbocycles. The molecule has 29 heavy (non-hydrogen) atoms. The number of aromatic nitrogens is 1. The Morgan fingerprint density at radius 2 is 1.90 bits per heavy atom. The first-order valence-electron chi connectivity index (χ1n) is 9.18. The van der Waals surface area contributed by atoms with Gasteiger partial charge >= 0.3 is 0 Å². The number of nitrogens with zero attached hydrogens (tertiary/aromatic N) is 3. The Kier molecular flexibility index (Phi) is 6.30. The van der Waals surface area contributed by atoms with Crippen molar-refractivity contribution in [3.63, 3.8) is 0 Å². The monoisotopic (exact) mass is 429 g/mol. The van der Waals surface area contributed by atoms with Crippen LogP contribution in [0, 0.1) is 17.0 Å². The van der Waals surface area contributed by atoms with Crippen molar-refractivity contribution in [3.8, 4) is 11.3 Å². The van der Waals surface area contributed by atoms with Crippen LogP contribution < -0.4 is 4.80 Å². The molecule has 0 saturated heterocycles. The minimum Gasteiger partial charge on any atom is -0.316 e.